The van der Waals surface area contributed by atoms with E-state index in [-0.39, 0.29) is 0 Å². The average Bonchev–Trinajstić information content (AvgIpc) is 3.51. The van der Waals surface area contributed by atoms with E-state index in [1.54, 1.807) is 0 Å². The Bertz CT molecular complexity index is 3000. The standard InChI is InChI=1S/C47H27N3/c1-4-11-41-32(6-1)26-34-27-33(20-25-44(34)48-41)43-24-19-31-17-16-30-18-23-42(49-46(30)47(31)50-43)29-14-12-28(13-15-29)35-21-22-40-37-8-3-2-7-36(37)39-10-5-9-38(35)45(39)40/h1-27H. The quantitative estimate of drug-likeness (QED) is 0.144. The molecule has 0 amide bonds. The van der Waals surface area contributed by atoms with Gasteiger partial charge in [-0.05, 0) is 80.6 Å². The van der Waals surface area contributed by atoms with Crippen molar-refractivity contribution in [2.75, 3.05) is 0 Å². The Hall–Kier alpha value is -6.71. The maximum Gasteiger partial charge on any atom is 0.0972 e. The molecule has 1 aliphatic rings. The third-order valence-electron chi connectivity index (χ3n) is 10.4. The third-order valence-corrected chi connectivity index (χ3v) is 10.4. The summed E-state index contributed by atoms with van der Waals surface area (Å²) < 4.78 is 0. The normalized spacial score (nSPS) is 12.0. The van der Waals surface area contributed by atoms with Gasteiger partial charge >= 0.3 is 0 Å². The van der Waals surface area contributed by atoms with Crippen molar-refractivity contribution in [3.63, 3.8) is 0 Å². The Labute approximate surface area is 288 Å². The van der Waals surface area contributed by atoms with Crippen molar-refractivity contribution in [2.24, 2.45) is 0 Å². The van der Waals surface area contributed by atoms with E-state index in [0.29, 0.717) is 0 Å². The van der Waals surface area contributed by atoms with Gasteiger partial charge in [-0.3, -0.25) is 0 Å². The highest BCUT2D eigenvalue weighted by atomic mass is 14.8. The van der Waals surface area contributed by atoms with Gasteiger partial charge in [0.15, 0.2) is 0 Å². The van der Waals surface area contributed by atoms with Crippen LogP contribution in [0.5, 0.6) is 0 Å². The number of hydrogen-bond donors (Lipinski definition) is 0. The fourth-order valence-electron chi connectivity index (χ4n) is 7.91. The topological polar surface area (TPSA) is 38.7 Å². The monoisotopic (exact) mass is 633 g/mol. The van der Waals surface area contributed by atoms with E-state index in [9.17, 15) is 0 Å². The summed E-state index contributed by atoms with van der Waals surface area (Å²) in [5.41, 5.74) is 15.5. The van der Waals surface area contributed by atoms with Crippen molar-refractivity contribution in [2.45, 2.75) is 0 Å². The zero-order chi connectivity index (χ0) is 32.8. The molecule has 3 heteroatoms. The Morgan fingerprint density at radius 1 is 0.300 bits per heavy atom. The molecule has 10 aromatic rings. The number of benzene rings is 7. The van der Waals surface area contributed by atoms with Crippen LogP contribution in [0.4, 0.5) is 0 Å². The molecular weight excluding hydrogens is 607 g/mol. The number of rotatable bonds is 3. The first kappa shape index (κ1) is 27.3. The van der Waals surface area contributed by atoms with E-state index in [1.165, 1.54) is 44.2 Å². The predicted molar refractivity (Wildman–Crippen MR) is 208 cm³/mol. The van der Waals surface area contributed by atoms with Crippen LogP contribution < -0.4 is 0 Å². The second-order valence-electron chi connectivity index (χ2n) is 13.2. The Morgan fingerprint density at radius 3 is 1.66 bits per heavy atom. The first-order valence-electron chi connectivity index (χ1n) is 17.0. The molecule has 0 aliphatic heterocycles. The molecule has 11 rings (SSSR count). The number of aromatic nitrogens is 3. The Balaban J connectivity index is 0.982. The molecule has 0 radical (unpaired) electrons. The Morgan fingerprint density at radius 2 is 0.880 bits per heavy atom. The molecule has 0 spiro atoms. The van der Waals surface area contributed by atoms with E-state index < -0.39 is 0 Å². The van der Waals surface area contributed by atoms with Crippen LogP contribution in [0, 0.1) is 0 Å². The lowest BCUT2D eigenvalue weighted by molar-refractivity contribution is 1.37. The van der Waals surface area contributed by atoms with Crippen molar-refractivity contribution in [3.05, 3.63) is 164 Å². The highest BCUT2D eigenvalue weighted by Crippen LogP contribution is 2.49. The number of pyridine rings is 3. The summed E-state index contributed by atoms with van der Waals surface area (Å²) in [4.78, 5) is 15.3. The van der Waals surface area contributed by atoms with E-state index in [2.05, 4.69) is 158 Å². The first-order valence-corrected chi connectivity index (χ1v) is 17.0. The fourth-order valence-corrected chi connectivity index (χ4v) is 7.91. The summed E-state index contributed by atoms with van der Waals surface area (Å²) in [7, 11) is 0. The van der Waals surface area contributed by atoms with Gasteiger partial charge < -0.3 is 0 Å². The maximum absolute atomic E-state index is 5.23. The molecular formula is C47H27N3. The molecule has 3 nitrogen and oxygen atoms in total. The summed E-state index contributed by atoms with van der Waals surface area (Å²) in [6.07, 6.45) is 0. The van der Waals surface area contributed by atoms with Gasteiger partial charge in [0, 0.05) is 32.7 Å². The number of fused-ring (bicyclic) bond motifs is 8. The fraction of sp³-hybridized carbons (Fsp3) is 0. The summed E-state index contributed by atoms with van der Waals surface area (Å²) in [6, 6.07) is 58.5. The van der Waals surface area contributed by atoms with Crippen molar-refractivity contribution < 1.29 is 0 Å². The lowest BCUT2D eigenvalue weighted by atomic mass is 9.93. The average molecular weight is 634 g/mol. The van der Waals surface area contributed by atoms with Gasteiger partial charge in [-0.25, -0.2) is 15.0 Å². The minimum absolute atomic E-state index is 0.907. The van der Waals surface area contributed by atoms with Gasteiger partial charge in [0.2, 0.25) is 0 Å². The van der Waals surface area contributed by atoms with E-state index in [0.717, 1.165) is 66.1 Å². The maximum atomic E-state index is 5.23. The number of nitrogens with zero attached hydrogens (tertiary/aromatic N) is 3. The summed E-state index contributed by atoms with van der Waals surface area (Å²) >= 11 is 0. The highest BCUT2D eigenvalue weighted by molar-refractivity contribution is 6.18. The van der Waals surface area contributed by atoms with Gasteiger partial charge in [-0.2, -0.15) is 0 Å². The van der Waals surface area contributed by atoms with E-state index in [4.69, 9.17) is 15.0 Å². The molecule has 3 heterocycles. The molecule has 0 saturated carbocycles. The van der Waals surface area contributed by atoms with Crippen LogP contribution in [0.2, 0.25) is 0 Å². The van der Waals surface area contributed by atoms with Gasteiger partial charge in [-0.1, -0.05) is 127 Å². The van der Waals surface area contributed by atoms with Gasteiger partial charge in [0.1, 0.15) is 0 Å². The molecule has 7 aromatic carbocycles. The van der Waals surface area contributed by atoms with Crippen LogP contribution in [0.15, 0.2) is 164 Å². The molecule has 1 aliphatic carbocycles. The summed E-state index contributed by atoms with van der Waals surface area (Å²) in [5.74, 6) is 0. The molecule has 50 heavy (non-hydrogen) atoms. The molecule has 0 atom stereocenters. The molecule has 0 N–H and O–H groups in total. The van der Waals surface area contributed by atoms with E-state index in [1.807, 2.05) is 6.07 Å². The lowest BCUT2D eigenvalue weighted by Gasteiger charge is -2.11. The second-order valence-corrected chi connectivity index (χ2v) is 13.2. The predicted octanol–water partition coefficient (Wildman–Crippen LogP) is 12.3. The van der Waals surface area contributed by atoms with Crippen LogP contribution >= 0.6 is 0 Å². The van der Waals surface area contributed by atoms with Crippen molar-refractivity contribution in [3.8, 4) is 55.9 Å². The SMILES string of the molecule is c1ccc2c(c1)-c1cccc3c(-c4ccc(-c5ccc6ccc7ccc(-c8ccc9nc%10ccccc%10cc9c8)nc7c6n5)cc4)ccc-2c13. The largest absolute Gasteiger partial charge is 0.248 e. The third kappa shape index (κ3) is 4.07. The lowest BCUT2D eigenvalue weighted by Crippen LogP contribution is -1.91. The van der Waals surface area contributed by atoms with Crippen LogP contribution in [0.25, 0.3) is 110 Å². The van der Waals surface area contributed by atoms with Gasteiger partial charge in [0.25, 0.3) is 0 Å². The highest BCUT2D eigenvalue weighted by Gasteiger charge is 2.22. The molecule has 0 unspecified atom stereocenters. The first-order chi connectivity index (χ1) is 24.7. The molecule has 0 bridgehead atoms. The van der Waals surface area contributed by atoms with Crippen LogP contribution in [-0.2, 0) is 0 Å². The van der Waals surface area contributed by atoms with Gasteiger partial charge in [0.05, 0.1) is 33.5 Å². The molecule has 3 aromatic heterocycles. The van der Waals surface area contributed by atoms with Crippen LogP contribution in [0.3, 0.4) is 0 Å². The van der Waals surface area contributed by atoms with Crippen molar-refractivity contribution in [1.29, 1.82) is 0 Å². The smallest absolute Gasteiger partial charge is 0.0972 e. The van der Waals surface area contributed by atoms with Gasteiger partial charge in [-0.15, -0.1) is 0 Å². The summed E-state index contributed by atoms with van der Waals surface area (Å²) in [6.45, 7) is 0. The molecule has 230 valence electrons. The number of hydrogen-bond acceptors (Lipinski definition) is 3. The van der Waals surface area contributed by atoms with Crippen molar-refractivity contribution >= 4 is 54.4 Å². The van der Waals surface area contributed by atoms with Crippen LogP contribution in [-0.4, -0.2) is 15.0 Å². The minimum Gasteiger partial charge on any atom is -0.248 e. The van der Waals surface area contributed by atoms with Crippen LogP contribution in [0.1, 0.15) is 0 Å². The zero-order valence-corrected chi connectivity index (χ0v) is 26.9. The summed E-state index contributed by atoms with van der Waals surface area (Å²) in [5, 5.41) is 7.02. The minimum atomic E-state index is 0.907. The zero-order valence-electron chi connectivity index (χ0n) is 26.9. The number of para-hydroxylation sites is 1. The van der Waals surface area contributed by atoms with E-state index >= 15 is 0 Å². The molecule has 0 fully saturated rings. The Kier molecular flexibility index (Phi) is 5.67. The van der Waals surface area contributed by atoms with Crippen molar-refractivity contribution in [1.82, 2.24) is 15.0 Å². The second kappa shape index (κ2) is 10.4. The molecule has 0 saturated heterocycles.